The highest BCUT2D eigenvalue weighted by atomic mass is 15.2. The fraction of sp³-hybridized carbons (Fsp3) is 0. The maximum absolute atomic E-state index is 5.45. The Morgan fingerprint density at radius 2 is 0.733 bits per heavy atom. The van der Waals surface area contributed by atoms with Gasteiger partial charge in [0.2, 0.25) is 5.95 Å². The van der Waals surface area contributed by atoms with Gasteiger partial charge in [0.05, 0.1) is 33.3 Å². The number of aromatic nitrogens is 4. The second-order valence-corrected chi connectivity index (χ2v) is 15.4. The van der Waals surface area contributed by atoms with Crippen molar-refractivity contribution in [3.05, 3.63) is 218 Å². The first-order valence-corrected chi connectivity index (χ1v) is 20.4. The van der Waals surface area contributed by atoms with Crippen LogP contribution in [0.15, 0.2) is 218 Å². The van der Waals surface area contributed by atoms with Crippen LogP contribution in [0, 0.1) is 0 Å². The fourth-order valence-electron chi connectivity index (χ4n) is 9.08. The fourth-order valence-corrected chi connectivity index (χ4v) is 9.08. The summed E-state index contributed by atoms with van der Waals surface area (Å²) in [7, 11) is 0. The van der Waals surface area contributed by atoms with Gasteiger partial charge in [-0.1, -0.05) is 170 Å². The van der Waals surface area contributed by atoms with E-state index in [0.29, 0.717) is 5.95 Å². The topological polar surface area (TPSA) is 35.6 Å². The molecule has 0 radical (unpaired) electrons. The second kappa shape index (κ2) is 13.8. The third kappa shape index (κ3) is 5.53. The van der Waals surface area contributed by atoms with Crippen LogP contribution < -0.4 is 0 Å². The van der Waals surface area contributed by atoms with Gasteiger partial charge in [-0.2, -0.15) is 0 Å². The average Bonchev–Trinajstić information content (AvgIpc) is 3.83. The van der Waals surface area contributed by atoms with Gasteiger partial charge >= 0.3 is 0 Å². The first kappa shape index (κ1) is 34.0. The van der Waals surface area contributed by atoms with Crippen LogP contribution in [0.25, 0.3) is 111 Å². The van der Waals surface area contributed by atoms with Gasteiger partial charge in [-0.15, -0.1) is 0 Å². The Morgan fingerprint density at radius 1 is 0.267 bits per heavy atom. The number of para-hydroxylation sites is 2. The lowest BCUT2D eigenvalue weighted by molar-refractivity contribution is 1.01. The number of hydrogen-bond acceptors (Lipinski definition) is 2. The SMILES string of the molecule is c1ccc(-c2ccc(-c3cccc(-n4c5ccccc5c5cc6c(cc54)c4ccccc4n6-c4nc(-c5ccccc5)c5cc(-c6ccccc6)ccc5n4)c3)cc2)cc1. The molecule has 3 aromatic heterocycles. The number of fused-ring (bicyclic) bond motifs is 7. The van der Waals surface area contributed by atoms with E-state index in [0.717, 1.165) is 71.8 Å². The van der Waals surface area contributed by atoms with E-state index in [9.17, 15) is 0 Å². The third-order valence-corrected chi connectivity index (χ3v) is 11.9. The molecule has 0 aliphatic heterocycles. The molecule has 0 saturated carbocycles. The minimum absolute atomic E-state index is 0.647. The van der Waals surface area contributed by atoms with E-state index in [1.54, 1.807) is 0 Å². The van der Waals surface area contributed by atoms with Crippen molar-refractivity contribution in [1.29, 1.82) is 0 Å². The van der Waals surface area contributed by atoms with Gasteiger partial charge in [-0.25, -0.2) is 9.97 Å². The van der Waals surface area contributed by atoms with E-state index in [4.69, 9.17) is 9.97 Å². The van der Waals surface area contributed by atoms with Gasteiger partial charge in [0.25, 0.3) is 0 Å². The van der Waals surface area contributed by atoms with Crippen molar-refractivity contribution in [1.82, 2.24) is 19.1 Å². The Kier molecular flexibility index (Phi) is 7.82. The summed E-state index contributed by atoms with van der Waals surface area (Å²) in [5, 5.41) is 5.70. The van der Waals surface area contributed by atoms with Crippen LogP contribution in [0.5, 0.6) is 0 Å². The molecule has 0 aliphatic carbocycles. The summed E-state index contributed by atoms with van der Waals surface area (Å²) in [6, 6.07) is 78.0. The quantitative estimate of drug-likeness (QED) is 0.169. The molecule has 12 aromatic rings. The molecule has 0 aliphatic rings. The average molecular weight is 765 g/mol. The Bertz CT molecular complexity index is 3570. The van der Waals surface area contributed by atoms with Crippen LogP contribution >= 0.6 is 0 Å². The monoisotopic (exact) mass is 764 g/mol. The molecule has 3 heterocycles. The molecule has 0 unspecified atom stereocenters. The minimum atomic E-state index is 0.647. The van der Waals surface area contributed by atoms with Crippen molar-refractivity contribution in [2.45, 2.75) is 0 Å². The van der Waals surface area contributed by atoms with E-state index >= 15 is 0 Å². The van der Waals surface area contributed by atoms with Gasteiger partial charge in [-0.3, -0.25) is 4.57 Å². The number of nitrogens with zero attached hydrogens (tertiary/aromatic N) is 4. The third-order valence-electron chi connectivity index (χ3n) is 11.9. The molecule has 9 aromatic carbocycles. The van der Waals surface area contributed by atoms with E-state index in [1.165, 1.54) is 33.0 Å². The summed E-state index contributed by atoms with van der Waals surface area (Å²) >= 11 is 0. The van der Waals surface area contributed by atoms with Crippen LogP contribution in [0.3, 0.4) is 0 Å². The molecule has 4 nitrogen and oxygen atoms in total. The molecule has 0 amide bonds. The standard InChI is InChI=1S/C56H36N4/c1-4-15-37(16-5-1)39-27-29-40(30-28-39)42-21-14-22-44(33-42)59-51-25-12-10-23-45(51)47-36-54-48(35-53(47)59)46-24-11-13-26-52(46)60(54)56-57-50-32-31-43(38-17-6-2-7-18-38)34-49(50)55(58-56)41-19-8-3-9-20-41/h1-36H. The van der Waals surface area contributed by atoms with E-state index in [-0.39, 0.29) is 0 Å². The zero-order chi connectivity index (χ0) is 39.6. The van der Waals surface area contributed by atoms with Crippen LogP contribution in [-0.2, 0) is 0 Å². The molecule has 280 valence electrons. The van der Waals surface area contributed by atoms with Gasteiger partial charge in [0, 0.05) is 38.2 Å². The van der Waals surface area contributed by atoms with Crippen molar-refractivity contribution in [2.75, 3.05) is 0 Å². The Hall–Kier alpha value is -8.08. The highest BCUT2D eigenvalue weighted by molar-refractivity contribution is 6.19. The summed E-state index contributed by atoms with van der Waals surface area (Å²) in [5.41, 5.74) is 15.5. The smallest absolute Gasteiger partial charge is 0.235 e. The van der Waals surface area contributed by atoms with Crippen LogP contribution in [0.2, 0.25) is 0 Å². The van der Waals surface area contributed by atoms with Crippen molar-refractivity contribution >= 4 is 54.5 Å². The van der Waals surface area contributed by atoms with Gasteiger partial charge in [0.15, 0.2) is 0 Å². The number of hydrogen-bond donors (Lipinski definition) is 0. The summed E-state index contributed by atoms with van der Waals surface area (Å²) < 4.78 is 4.68. The van der Waals surface area contributed by atoms with Crippen molar-refractivity contribution < 1.29 is 0 Å². The molecule has 0 atom stereocenters. The van der Waals surface area contributed by atoms with Crippen LogP contribution in [0.1, 0.15) is 0 Å². The number of rotatable bonds is 6. The summed E-state index contributed by atoms with van der Waals surface area (Å²) in [6.45, 7) is 0. The molecular formula is C56H36N4. The Morgan fingerprint density at radius 3 is 1.38 bits per heavy atom. The molecule has 4 heteroatoms. The minimum Gasteiger partial charge on any atom is -0.309 e. The lowest BCUT2D eigenvalue weighted by atomic mass is 10.00. The normalized spacial score (nSPS) is 11.7. The summed E-state index contributed by atoms with van der Waals surface area (Å²) in [4.78, 5) is 10.8. The Labute approximate surface area is 346 Å². The zero-order valence-electron chi connectivity index (χ0n) is 32.6. The predicted octanol–water partition coefficient (Wildman–Crippen LogP) is 14.5. The highest BCUT2D eigenvalue weighted by Gasteiger charge is 2.21. The summed E-state index contributed by atoms with van der Waals surface area (Å²) in [6.07, 6.45) is 0. The van der Waals surface area contributed by atoms with E-state index in [2.05, 4.69) is 228 Å². The van der Waals surface area contributed by atoms with Crippen LogP contribution in [0.4, 0.5) is 0 Å². The van der Waals surface area contributed by atoms with Crippen molar-refractivity contribution in [3.63, 3.8) is 0 Å². The first-order valence-electron chi connectivity index (χ1n) is 20.4. The zero-order valence-corrected chi connectivity index (χ0v) is 32.6. The highest BCUT2D eigenvalue weighted by Crippen LogP contribution is 2.41. The lowest BCUT2D eigenvalue weighted by Gasteiger charge is -2.13. The number of benzene rings is 9. The molecule has 0 N–H and O–H groups in total. The Balaban J connectivity index is 1.06. The van der Waals surface area contributed by atoms with E-state index in [1.807, 2.05) is 0 Å². The van der Waals surface area contributed by atoms with Gasteiger partial charge in [0.1, 0.15) is 0 Å². The van der Waals surface area contributed by atoms with Crippen molar-refractivity contribution in [3.8, 4) is 56.3 Å². The maximum Gasteiger partial charge on any atom is 0.235 e. The largest absolute Gasteiger partial charge is 0.309 e. The lowest BCUT2D eigenvalue weighted by Crippen LogP contribution is -2.03. The molecule has 0 saturated heterocycles. The molecular weight excluding hydrogens is 729 g/mol. The van der Waals surface area contributed by atoms with Gasteiger partial charge in [-0.05, 0) is 81.9 Å². The van der Waals surface area contributed by atoms with E-state index < -0.39 is 0 Å². The van der Waals surface area contributed by atoms with Gasteiger partial charge < -0.3 is 4.57 Å². The maximum atomic E-state index is 5.45. The first-order chi connectivity index (χ1) is 29.7. The molecule has 12 rings (SSSR count). The second-order valence-electron chi connectivity index (χ2n) is 15.4. The summed E-state index contributed by atoms with van der Waals surface area (Å²) in [5.74, 6) is 0.647. The van der Waals surface area contributed by atoms with Crippen LogP contribution in [-0.4, -0.2) is 19.1 Å². The molecule has 60 heavy (non-hydrogen) atoms. The molecule has 0 bridgehead atoms. The van der Waals surface area contributed by atoms with Crippen molar-refractivity contribution in [2.24, 2.45) is 0 Å². The predicted molar refractivity (Wildman–Crippen MR) is 250 cm³/mol. The molecule has 0 fully saturated rings. The molecule has 0 spiro atoms.